The lowest BCUT2D eigenvalue weighted by molar-refractivity contribution is 0.687. The van der Waals surface area contributed by atoms with Crippen molar-refractivity contribution < 1.29 is 0 Å². The maximum absolute atomic E-state index is 5.90. The molecule has 0 amide bonds. The number of aliphatic imine (C=N–C) groups is 1. The van der Waals surface area contributed by atoms with Gasteiger partial charge in [0.2, 0.25) is 5.96 Å². The van der Waals surface area contributed by atoms with E-state index in [0.717, 1.165) is 46.6 Å². The van der Waals surface area contributed by atoms with Gasteiger partial charge < -0.3 is 10.2 Å². The number of rotatable bonds is 5. The predicted molar refractivity (Wildman–Crippen MR) is 136 cm³/mol. The lowest BCUT2D eigenvalue weighted by Gasteiger charge is -2.32. The van der Waals surface area contributed by atoms with Gasteiger partial charge in [-0.3, -0.25) is 4.90 Å². The van der Waals surface area contributed by atoms with Crippen molar-refractivity contribution in [1.82, 2.24) is 29.4 Å². The highest BCUT2D eigenvalue weighted by molar-refractivity contribution is 7.80. The molecule has 170 valence electrons. The zero-order chi connectivity index (χ0) is 23.2. The van der Waals surface area contributed by atoms with Crippen LogP contribution < -0.4 is 10.2 Å². The normalized spacial score (nSPS) is 16.9. The van der Waals surface area contributed by atoms with E-state index in [1.165, 1.54) is 6.33 Å². The van der Waals surface area contributed by atoms with Crippen LogP contribution in [0.3, 0.4) is 0 Å². The third kappa shape index (κ3) is 3.43. The second-order valence-electron chi connectivity index (χ2n) is 8.46. The molecule has 0 unspecified atom stereocenters. The molecular formula is C24H23N9S. The Kier molecular flexibility index (Phi) is 4.88. The van der Waals surface area contributed by atoms with E-state index in [1.54, 1.807) is 11.0 Å². The quantitative estimate of drug-likeness (QED) is 0.449. The summed E-state index contributed by atoms with van der Waals surface area (Å²) in [6.07, 6.45) is 3.21. The molecule has 4 aromatic rings. The van der Waals surface area contributed by atoms with Crippen molar-refractivity contribution in [2.45, 2.75) is 19.5 Å². The van der Waals surface area contributed by atoms with Crippen LogP contribution in [0.25, 0.3) is 5.69 Å². The van der Waals surface area contributed by atoms with Crippen LogP contribution >= 0.6 is 12.2 Å². The number of para-hydroxylation sites is 1. The van der Waals surface area contributed by atoms with Crippen LogP contribution in [0.4, 0.5) is 17.3 Å². The van der Waals surface area contributed by atoms with Gasteiger partial charge in [0.15, 0.2) is 5.82 Å². The fourth-order valence-corrected chi connectivity index (χ4v) is 4.63. The largest absolute Gasteiger partial charge is 0.340 e. The summed E-state index contributed by atoms with van der Waals surface area (Å²) in [5.74, 6) is 2.58. The molecule has 9 nitrogen and oxygen atoms in total. The van der Waals surface area contributed by atoms with Gasteiger partial charge in [-0.2, -0.15) is 10.2 Å². The number of nitrogens with one attached hydrogen (secondary N) is 1. The number of hydrogen-bond donors (Lipinski definition) is 1. The summed E-state index contributed by atoms with van der Waals surface area (Å²) in [5.41, 5.74) is 3.97. The first-order chi connectivity index (χ1) is 16.6. The van der Waals surface area contributed by atoms with Gasteiger partial charge in [0, 0.05) is 19.3 Å². The zero-order valence-electron chi connectivity index (χ0n) is 18.8. The maximum Gasteiger partial charge on any atom is 0.207 e. The summed E-state index contributed by atoms with van der Waals surface area (Å²) in [6, 6.07) is 18.5. The van der Waals surface area contributed by atoms with Gasteiger partial charge in [0.25, 0.3) is 0 Å². The molecule has 34 heavy (non-hydrogen) atoms. The number of fused-ring (bicyclic) bond motifs is 3. The average molecular weight is 470 g/mol. The highest BCUT2D eigenvalue weighted by Gasteiger charge is 2.40. The van der Waals surface area contributed by atoms with Gasteiger partial charge in [0.05, 0.1) is 23.8 Å². The van der Waals surface area contributed by atoms with E-state index in [1.807, 2.05) is 59.1 Å². The summed E-state index contributed by atoms with van der Waals surface area (Å²) < 4.78 is 3.73. The Bertz CT molecular complexity index is 1370. The van der Waals surface area contributed by atoms with E-state index in [2.05, 4.69) is 39.4 Å². The number of nitrogens with zero attached hydrogens (tertiary/aromatic N) is 8. The number of thiocarbonyl (C=S) groups is 1. The summed E-state index contributed by atoms with van der Waals surface area (Å²) >= 11 is 5.90. The molecule has 0 radical (unpaired) electrons. The number of anilines is 3. The van der Waals surface area contributed by atoms with E-state index in [0.29, 0.717) is 11.5 Å². The van der Waals surface area contributed by atoms with Gasteiger partial charge in [-0.05, 0) is 36.8 Å². The molecule has 0 aliphatic carbocycles. The van der Waals surface area contributed by atoms with Crippen LogP contribution in [-0.4, -0.2) is 60.0 Å². The van der Waals surface area contributed by atoms with Crippen molar-refractivity contribution >= 4 is 40.5 Å². The molecule has 6 rings (SSSR count). The predicted octanol–water partition coefficient (Wildman–Crippen LogP) is 3.44. The van der Waals surface area contributed by atoms with Crippen LogP contribution in [0.2, 0.25) is 0 Å². The Balaban J connectivity index is 1.41. The molecule has 2 aromatic carbocycles. The first-order valence-electron chi connectivity index (χ1n) is 11.1. The fourth-order valence-electron chi connectivity index (χ4n) is 4.36. The third-order valence-electron chi connectivity index (χ3n) is 6.02. The standard InChI is InChI=1S/C24H23N9S/c1-16-12-31-22-20(23(34)30(2)24(31)27-16)21(28-18-6-4-3-5-7-18)32(29-22)13-17-8-10-19(11-9-17)33-15-25-14-26-33/h3-11,14-16,28H,12-13H2,1-2H3/t16-/m1/s1. The lowest BCUT2D eigenvalue weighted by atomic mass is 10.2. The van der Waals surface area contributed by atoms with Crippen molar-refractivity contribution in [3.8, 4) is 5.69 Å². The van der Waals surface area contributed by atoms with E-state index < -0.39 is 0 Å². The second-order valence-corrected chi connectivity index (χ2v) is 8.84. The monoisotopic (exact) mass is 469 g/mol. The third-order valence-corrected chi connectivity index (χ3v) is 6.50. The van der Waals surface area contributed by atoms with Gasteiger partial charge >= 0.3 is 0 Å². The summed E-state index contributed by atoms with van der Waals surface area (Å²) in [7, 11) is 1.97. The van der Waals surface area contributed by atoms with Crippen LogP contribution in [0.1, 0.15) is 18.1 Å². The Morgan fingerprint density at radius 1 is 1.09 bits per heavy atom. The smallest absolute Gasteiger partial charge is 0.207 e. The minimum absolute atomic E-state index is 0.186. The summed E-state index contributed by atoms with van der Waals surface area (Å²) in [4.78, 5) is 13.7. The van der Waals surface area contributed by atoms with Crippen molar-refractivity contribution in [3.05, 3.63) is 78.4 Å². The number of benzene rings is 2. The van der Waals surface area contributed by atoms with Crippen molar-refractivity contribution in [2.24, 2.45) is 4.99 Å². The Hall–Kier alpha value is -4.05. The molecule has 0 spiro atoms. The molecule has 0 bridgehead atoms. The molecule has 1 N–H and O–H groups in total. The highest BCUT2D eigenvalue weighted by atomic mass is 32.1. The Morgan fingerprint density at radius 3 is 2.62 bits per heavy atom. The molecule has 2 aliphatic heterocycles. The lowest BCUT2D eigenvalue weighted by Crippen LogP contribution is -2.47. The van der Waals surface area contributed by atoms with Crippen molar-refractivity contribution in [2.75, 3.05) is 23.8 Å². The van der Waals surface area contributed by atoms with E-state index in [9.17, 15) is 0 Å². The molecule has 0 saturated heterocycles. The Morgan fingerprint density at radius 2 is 1.88 bits per heavy atom. The van der Waals surface area contributed by atoms with E-state index in [4.69, 9.17) is 22.3 Å². The summed E-state index contributed by atoms with van der Waals surface area (Å²) in [6.45, 7) is 3.48. The van der Waals surface area contributed by atoms with Gasteiger partial charge in [0.1, 0.15) is 23.5 Å². The van der Waals surface area contributed by atoms with Crippen LogP contribution in [0.5, 0.6) is 0 Å². The molecule has 0 saturated carbocycles. The van der Waals surface area contributed by atoms with Crippen LogP contribution in [0.15, 0.2) is 72.2 Å². The SMILES string of the molecule is C[C@@H]1CN2C(=N1)N(C)C(=S)c1c2nn(Cc2ccc(-n3cncn3)cc2)c1Nc1ccccc1. The van der Waals surface area contributed by atoms with Crippen LogP contribution in [0, 0.1) is 0 Å². The van der Waals surface area contributed by atoms with Crippen molar-refractivity contribution in [3.63, 3.8) is 0 Å². The number of hydrogen-bond acceptors (Lipinski definition) is 7. The topological polar surface area (TPSA) is 79.4 Å². The zero-order valence-corrected chi connectivity index (χ0v) is 19.6. The molecule has 10 heteroatoms. The van der Waals surface area contributed by atoms with Crippen LogP contribution in [-0.2, 0) is 6.54 Å². The molecule has 1 atom stereocenters. The molecular weight excluding hydrogens is 446 g/mol. The van der Waals surface area contributed by atoms with Crippen molar-refractivity contribution in [1.29, 1.82) is 0 Å². The molecule has 4 heterocycles. The second kappa shape index (κ2) is 8.07. The molecule has 2 aromatic heterocycles. The minimum Gasteiger partial charge on any atom is -0.340 e. The van der Waals surface area contributed by atoms with E-state index in [-0.39, 0.29) is 6.04 Å². The molecule has 2 aliphatic rings. The first kappa shape index (κ1) is 20.5. The fraction of sp³-hybridized carbons (Fsp3) is 0.208. The van der Waals surface area contributed by atoms with Gasteiger partial charge in [-0.1, -0.05) is 42.5 Å². The van der Waals surface area contributed by atoms with Gasteiger partial charge in [-0.15, -0.1) is 0 Å². The molecule has 0 fully saturated rings. The highest BCUT2D eigenvalue weighted by Crippen LogP contribution is 2.37. The number of aromatic nitrogens is 5. The van der Waals surface area contributed by atoms with Gasteiger partial charge in [-0.25, -0.2) is 19.3 Å². The summed E-state index contributed by atoms with van der Waals surface area (Å²) in [5, 5.41) is 12.8. The maximum atomic E-state index is 5.90. The minimum atomic E-state index is 0.186. The van der Waals surface area contributed by atoms with E-state index >= 15 is 0 Å². The Labute approximate surface area is 202 Å². The average Bonchev–Trinajstić information content (AvgIpc) is 3.59. The first-order valence-corrected chi connectivity index (χ1v) is 11.5. The number of guanidine groups is 1.